The van der Waals surface area contributed by atoms with Crippen LogP contribution in [0.25, 0.3) is 5.57 Å². The Morgan fingerprint density at radius 3 is 2.25 bits per heavy atom. The van der Waals surface area contributed by atoms with Gasteiger partial charge in [-0.15, -0.1) is 0 Å². The van der Waals surface area contributed by atoms with Gasteiger partial charge in [-0.1, -0.05) is 19.1 Å². The summed E-state index contributed by atoms with van der Waals surface area (Å²) in [5.74, 6) is 0.592. The lowest BCUT2D eigenvalue weighted by Crippen LogP contribution is -2.09. The summed E-state index contributed by atoms with van der Waals surface area (Å²) in [6.07, 6.45) is 1.18. The van der Waals surface area contributed by atoms with Crippen molar-refractivity contribution in [2.75, 3.05) is 6.61 Å². The van der Waals surface area contributed by atoms with E-state index in [0.29, 0.717) is 12.2 Å². The van der Waals surface area contributed by atoms with E-state index in [-0.39, 0.29) is 12.1 Å². The Morgan fingerprint density at radius 2 is 1.75 bits per heavy atom. The van der Waals surface area contributed by atoms with Crippen LogP contribution in [-0.4, -0.2) is 18.7 Å². The van der Waals surface area contributed by atoms with Crippen molar-refractivity contribution >= 4 is 11.5 Å². The van der Waals surface area contributed by atoms with E-state index in [4.69, 9.17) is 9.47 Å². The van der Waals surface area contributed by atoms with E-state index in [9.17, 15) is 4.79 Å². The van der Waals surface area contributed by atoms with Crippen molar-refractivity contribution in [1.82, 2.24) is 0 Å². The number of carbonyl (C=O) groups excluding carboxylic acids is 1. The van der Waals surface area contributed by atoms with Gasteiger partial charge in [-0.2, -0.15) is 0 Å². The molecule has 1 aromatic carbocycles. The minimum Gasteiger partial charge on any atom is -0.491 e. The maximum absolute atomic E-state index is 11.7. The van der Waals surface area contributed by atoms with E-state index < -0.39 is 0 Å². The standard InChI is InChI=1S/C17H24O3/c1-6-12(3)20-16-10-8-15(9-11-16)13(4)14(5)17(18)19-7-2/h8-12H,6-7H2,1-5H3. The van der Waals surface area contributed by atoms with E-state index in [1.165, 1.54) is 0 Å². The Kier molecular flexibility index (Phi) is 6.29. The molecule has 0 bridgehead atoms. The maximum Gasteiger partial charge on any atom is 0.333 e. The molecule has 0 N–H and O–H groups in total. The molecule has 0 saturated carbocycles. The molecule has 0 spiro atoms. The number of ether oxygens (including phenoxy) is 2. The van der Waals surface area contributed by atoms with Gasteiger partial charge in [-0.25, -0.2) is 4.79 Å². The van der Waals surface area contributed by atoms with Gasteiger partial charge in [0.2, 0.25) is 0 Å². The van der Waals surface area contributed by atoms with Crippen LogP contribution >= 0.6 is 0 Å². The van der Waals surface area contributed by atoms with Crippen molar-refractivity contribution in [1.29, 1.82) is 0 Å². The Labute approximate surface area is 121 Å². The first-order valence-corrected chi connectivity index (χ1v) is 7.11. The van der Waals surface area contributed by atoms with Crippen LogP contribution in [0.2, 0.25) is 0 Å². The SMILES string of the molecule is CCOC(=O)C(C)=C(C)c1ccc(OC(C)CC)cc1. The molecule has 0 aliphatic rings. The fourth-order valence-corrected chi connectivity index (χ4v) is 1.71. The lowest BCUT2D eigenvalue weighted by atomic mass is 10.0. The van der Waals surface area contributed by atoms with E-state index in [2.05, 4.69) is 6.92 Å². The summed E-state index contributed by atoms with van der Waals surface area (Å²) < 4.78 is 10.8. The van der Waals surface area contributed by atoms with E-state index in [0.717, 1.165) is 23.3 Å². The van der Waals surface area contributed by atoms with Crippen molar-refractivity contribution in [3.8, 4) is 5.75 Å². The highest BCUT2D eigenvalue weighted by molar-refractivity contribution is 5.96. The second-order valence-corrected chi connectivity index (χ2v) is 4.83. The van der Waals surface area contributed by atoms with E-state index in [1.54, 1.807) is 6.92 Å². The summed E-state index contributed by atoms with van der Waals surface area (Å²) in [5.41, 5.74) is 2.58. The Morgan fingerprint density at radius 1 is 1.15 bits per heavy atom. The lowest BCUT2D eigenvalue weighted by Gasteiger charge is -2.13. The molecule has 0 aromatic heterocycles. The summed E-state index contributed by atoms with van der Waals surface area (Å²) >= 11 is 0. The number of hydrogen-bond acceptors (Lipinski definition) is 3. The van der Waals surface area contributed by atoms with Gasteiger partial charge in [0.05, 0.1) is 12.7 Å². The molecule has 20 heavy (non-hydrogen) atoms. The van der Waals surface area contributed by atoms with Gasteiger partial charge in [0, 0.05) is 5.57 Å². The summed E-state index contributed by atoms with van der Waals surface area (Å²) in [6.45, 7) is 10.1. The molecule has 1 atom stereocenters. The topological polar surface area (TPSA) is 35.5 Å². The number of carbonyl (C=O) groups is 1. The van der Waals surface area contributed by atoms with Gasteiger partial charge in [0.25, 0.3) is 0 Å². The second kappa shape index (κ2) is 7.73. The fraction of sp³-hybridized carbons (Fsp3) is 0.471. The second-order valence-electron chi connectivity index (χ2n) is 4.83. The molecule has 1 rings (SSSR count). The molecule has 0 amide bonds. The largest absolute Gasteiger partial charge is 0.491 e. The number of hydrogen-bond donors (Lipinski definition) is 0. The molecule has 0 radical (unpaired) electrons. The average Bonchev–Trinajstić information content (AvgIpc) is 2.46. The van der Waals surface area contributed by atoms with Crippen LogP contribution in [0.3, 0.4) is 0 Å². The number of allylic oxidation sites excluding steroid dienone is 1. The van der Waals surface area contributed by atoms with Crippen LogP contribution in [-0.2, 0) is 9.53 Å². The first-order valence-electron chi connectivity index (χ1n) is 7.11. The van der Waals surface area contributed by atoms with Crippen molar-refractivity contribution in [2.45, 2.75) is 47.1 Å². The van der Waals surface area contributed by atoms with Gasteiger partial charge >= 0.3 is 5.97 Å². The van der Waals surface area contributed by atoms with Gasteiger partial charge in [0.1, 0.15) is 5.75 Å². The normalized spacial score (nSPS) is 13.4. The third kappa shape index (κ3) is 4.41. The zero-order valence-electron chi connectivity index (χ0n) is 13.0. The van der Waals surface area contributed by atoms with Crippen LogP contribution < -0.4 is 4.74 Å². The molecule has 0 saturated heterocycles. The molecule has 3 heteroatoms. The number of esters is 1. The third-order valence-electron chi connectivity index (χ3n) is 3.34. The monoisotopic (exact) mass is 276 g/mol. The van der Waals surface area contributed by atoms with Crippen molar-refractivity contribution in [2.24, 2.45) is 0 Å². The van der Waals surface area contributed by atoms with Gasteiger partial charge in [0.15, 0.2) is 0 Å². The zero-order chi connectivity index (χ0) is 15.1. The quantitative estimate of drug-likeness (QED) is 0.576. The van der Waals surface area contributed by atoms with Crippen molar-refractivity contribution in [3.05, 3.63) is 35.4 Å². The Bertz CT molecular complexity index is 472. The minimum atomic E-state index is -0.259. The molecule has 0 aliphatic heterocycles. The average molecular weight is 276 g/mol. The summed E-state index contributed by atoms with van der Waals surface area (Å²) in [7, 11) is 0. The van der Waals surface area contributed by atoms with E-state index >= 15 is 0 Å². The molecule has 3 nitrogen and oxygen atoms in total. The number of benzene rings is 1. The zero-order valence-corrected chi connectivity index (χ0v) is 13.0. The van der Waals surface area contributed by atoms with Crippen molar-refractivity contribution < 1.29 is 14.3 Å². The van der Waals surface area contributed by atoms with Gasteiger partial charge < -0.3 is 9.47 Å². The van der Waals surface area contributed by atoms with Crippen LogP contribution in [0.1, 0.15) is 46.6 Å². The molecular formula is C17H24O3. The third-order valence-corrected chi connectivity index (χ3v) is 3.34. The first kappa shape index (κ1) is 16.3. The predicted octanol–water partition coefficient (Wildman–Crippen LogP) is 4.22. The highest BCUT2D eigenvalue weighted by Gasteiger charge is 2.10. The van der Waals surface area contributed by atoms with Crippen LogP contribution in [0, 0.1) is 0 Å². The molecule has 1 unspecified atom stereocenters. The van der Waals surface area contributed by atoms with Crippen LogP contribution in [0.4, 0.5) is 0 Å². The Hall–Kier alpha value is -1.77. The molecule has 0 aliphatic carbocycles. The van der Waals surface area contributed by atoms with Gasteiger partial charge in [-0.05, 0) is 57.4 Å². The van der Waals surface area contributed by atoms with Crippen molar-refractivity contribution in [3.63, 3.8) is 0 Å². The minimum absolute atomic E-state index is 0.207. The lowest BCUT2D eigenvalue weighted by molar-refractivity contribution is -0.138. The Balaban J connectivity index is 2.87. The summed E-state index contributed by atoms with van der Waals surface area (Å²) in [5, 5.41) is 0. The highest BCUT2D eigenvalue weighted by atomic mass is 16.5. The first-order chi connectivity index (χ1) is 9.49. The van der Waals surface area contributed by atoms with Gasteiger partial charge in [-0.3, -0.25) is 0 Å². The summed E-state index contributed by atoms with van der Waals surface area (Å²) in [4.78, 5) is 11.7. The fourth-order valence-electron chi connectivity index (χ4n) is 1.71. The highest BCUT2D eigenvalue weighted by Crippen LogP contribution is 2.22. The smallest absolute Gasteiger partial charge is 0.333 e. The molecule has 110 valence electrons. The summed E-state index contributed by atoms with van der Waals surface area (Å²) in [6, 6.07) is 7.80. The molecule has 1 aromatic rings. The van der Waals surface area contributed by atoms with Crippen LogP contribution in [0.5, 0.6) is 5.75 Å². The molecule has 0 fully saturated rings. The van der Waals surface area contributed by atoms with E-state index in [1.807, 2.05) is 45.0 Å². The predicted molar refractivity (Wildman–Crippen MR) is 81.7 cm³/mol. The van der Waals surface area contributed by atoms with Crippen LogP contribution in [0.15, 0.2) is 29.8 Å². The maximum atomic E-state index is 11.7. The molecular weight excluding hydrogens is 252 g/mol. The molecule has 0 heterocycles. The number of rotatable bonds is 6.